The van der Waals surface area contributed by atoms with Crippen molar-refractivity contribution >= 4 is 23.4 Å². The van der Waals surface area contributed by atoms with Gasteiger partial charge >= 0.3 is 5.97 Å². The van der Waals surface area contributed by atoms with Gasteiger partial charge in [-0.1, -0.05) is 49.2 Å². The minimum absolute atomic E-state index is 0.0919. The van der Waals surface area contributed by atoms with E-state index in [0.29, 0.717) is 0 Å². The molecule has 0 radical (unpaired) electrons. The fourth-order valence-corrected chi connectivity index (χ4v) is 3.51. The second-order valence-electron chi connectivity index (χ2n) is 5.70. The first-order valence-corrected chi connectivity index (χ1v) is 9.06. The van der Waals surface area contributed by atoms with Crippen LogP contribution in [0.2, 0.25) is 0 Å². The molecule has 0 bridgehead atoms. The SMILES string of the molecule is O=C(O)CC=Cc1ccc(CCCCCCc2ccccc2)s1. The second-order valence-corrected chi connectivity index (χ2v) is 6.90. The molecule has 2 rings (SSSR count). The molecule has 0 aliphatic heterocycles. The molecule has 3 heteroatoms. The number of aryl methyl sites for hydroxylation is 2. The van der Waals surface area contributed by atoms with Crippen molar-refractivity contribution in [3.63, 3.8) is 0 Å². The zero-order valence-corrected chi connectivity index (χ0v) is 14.2. The van der Waals surface area contributed by atoms with E-state index >= 15 is 0 Å². The van der Waals surface area contributed by atoms with Crippen LogP contribution in [0.15, 0.2) is 48.5 Å². The number of carboxylic acids is 1. The molecule has 0 saturated heterocycles. The number of unbranched alkanes of at least 4 members (excludes halogenated alkanes) is 3. The van der Waals surface area contributed by atoms with E-state index in [1.165, 1.54) is 42.5 Å². The minimum Gasteiger partial charge on any atom is -0.481 e. The van der Waals surface area contributed by atoms with Crippen LogP contribution in [-0.2, 0) is 17.6 Å². The van der Waals surface area contributed by atoms with Gasteiger partial charge in [-0.15, -0.1) is 11.3 Å². The number of hydrogen-bond acceptors (Lipinski definition) is 2. The number of thiophene rings is 1. The molecule has 0 amide bonds. The standard InChI is InChI=1S/C20H24O2S/c21-20(22)14-8-13-19-16-15-18(23-19)12-7-2-1-4-9-17-10-5-3-6-11-17/h3,5-6,8,10-11,13,15-16H,1-2,4,7,9,12,14H2,(H,21,22). The highest BCUT2D eigenvalue weighted by atomic mass is 32.1. The van der Waals surface area contributed by atoms with Gasteiger partial charge in [0.05, 0.1) is 6.42 Å². The first-order valence-electron chi connectivity index (χ1n) is 8.25. The predicted octanol–water partition coefficient (Wildman–Crippen LogP) is 5.58. The van der Waals surface area contributed by atoms with Gasteiger partial charge in [-0.2, -0.15) is 0 Å². The van der Waals surface area contributed by atoms with Gasteiger partial charge in [0.15, 0.2) is 0 Å². The van der Waals surface area contributed by atoms with E-state index in [1.54, 1.807) is 17.4 Å². The Bertz CT molecular complexity index is 614. The van der Waals surface area contributed by atoms with Crippen LogP contribution >= 0.6 is 11.3 Å². The third-order valence-electron chi connectivity index (χ3n) is 3.74. The van der Waals surface area contributed by atoms with Crippen molar-refractivity contribution in [1.29, 1.82) is 0 Å². The smallest absolute Gasteiger partial charge is 0.307 e. The highest BCUT2D eigenvalue weighted by Gasteiger charge is 1.99. The summed E-state index contributed by atoms with van der Waals surface area (Å²) in [4.78, 5) is 13.0. The molecule has 0 spiro atoms. The topological polar surface area (TPSA) is 37.3 Å². The van der Waals surface area contributed by atoms with E-state index in [9.17, 15) is 4.79 Å². The van der Waals surface area contributed by atoms with Crippen LogP contribution in [-0.4, -0.2) is 11.1 Å². The maximum atomic E-state index is 10.5. The predicted molar refractivity (Wildman–Crippen MR) is 97.9 cm³/mol. The van der Waals surface area contributed by atoms with Crippen molar-refractivity contribution in [2.24, 2.45) is 0 Å². The van der Waals surface area contributed by atoms with Crippen molar-refractivity contribution in [3.05, 3.63) is 63.9 Å². The molecule has 23 heavy (non-hydrogen) atoms. The van der Waals surface area contributed by atoms with Crippen LogP contribution in [0.25, 0.3) is 6.08 Å². The van der Waals surface area contributed by atoms with Crippen LogP contribution in [0.3, 0.4) is 0 Å². The first kappa shape index (κ1) is 17.5. The molecule has 1 heterocycles. The Hall–Kier alpha value is -1.87. The zero-order valence-electron chi connectivity index (χ0n) is 13.4. The van der Waals surface area contributed by atoms with E-state index in [-0.39, 0.29) is 6.42 Å². The highest BCUT2D eigenvalue weighted by Crippen LogP contribution is 2.20. The molecule has 0 atom stereocenters. The molecule has 0 aliphatic rings. The summed E-state index contributed by atoms with van der Waals surface area (Å²) < 4.78 is 0. The van der Waals surface area contributed by atoms with E-state index in [2.05, 4.69) is 42.5 Å². The molecule has 0 aliphatic carbocycles. The molecule has 2 nitrogen and oxygen atoms in total. The van der Waals surface area contributed by atoms with Gasteiger partial charge in [0, 0.05) is 9.75 Å². The summed E-state index contributed by atoms with van der Waals surface area (Å²) in [6.07, 6.45) is 11.1. The number of hydrogen-bond donors (Lipinski definition) is 1. The second kappa shape index (κ2) is 10.0. The summed E-state index contributed by atoms with van der Waals surface area (Å²) in [5, 5.41) is 8.61. The average Bonchev–Trinajstić information content (AvgIpc) is 2.99. The number of benzene rings is 1. The van der Waals surface area contributed by atoms with Gasteiger partial charge in [-0.25, -0.2) is 0 Å². The van der Waals surface area contributed by atoms with Crippen molar-refractivity contribution in [2.75, 3.05) is 0 Å². The van der Waals surface area contributed by atoms with Gasteiger partial charge in [0.2, 0.25) is 0 Å². The van der Waals surface area contributed by atoms with E-state index in [0.717, 1.165) is 11.3 Å². The number of aliphatic carboxylic acids is 1. The van der Waals surface area contributed by atoms with E-state index in [4.69, 9.17) is 5.11 Å². The Morgan fingerprint density at radius 2 is 1.70 bits per heavy atom. The van der Waals surface area contributed by atoms with Crippen molar-refractivity contribution < 1.29 is 9.90 Å². The lowest BCUT2D eigenvalue weighted by molar-refractivity contribution is -0.135. The van der Waals surface area contributed by atoms with Crippen molar-refractivity contribution in [1.82, 2.24) is 0 Å². The first-order chi connectivity index (χ1) is 11.2. The van der Waals surface area contributed by atoms with E-state index in [1.807, 2.05) is 6.08 Å². The molecule has 1 N–H and O–H groups in total. The average molecular weight is 328 g/mol. The Labute approximate surface area is 142 Å². The summed E-state index contributed by atoms with van der Waals surface area (Å²) in [6.45, 7) is 0. The Morgan fingerprint density at radius 1 is 0.957 bits per heavy atom. The maximum Gasteiger partial charge on any atom is 0.307 e. The monoisotopic (exact) mass is 328 g/mol. The molecule has 1 aromatic heterocycles. The zero-order chi connectivity index (χ0) is 16.3. The summed E-state index contributed by atoms with van der Waals surface area (Å²) in [7, 11) is 0. The Morgan fingerprint density at radius 3 is 2.43 bits per heavy atom. The molecule has 2 aromatic rings. The number of rotatable bonds is 10. The minimum atomic E-state index is -0.784. The summed E-state index contributed by atoms with van der Waals surface area (Å²) in [5.74, 6) is -0.784. The fourth-order valence-electron chi connectivity index (χ4n) is 2.52. The van der Waals surface area contributed by atoms with Crippen LogP contribution in [0.4, 0.5) is 0 Å². The largest absolute Gasteiger partial charge is 0.481 e. The number of carboxylic acid groups (broad SMARTS) is 1. The molecule has 0 saturated carbocycles. The summed E-state index contributed by atoms with van der Waals surface area (Å²) >= 11 is 1.77. The lowest BCUT2D eigenvalue weighted by atomic mass is 10.1. The Kier molecular flexibility index (Phi) is 7.61. The highest BCUT2D eigenvalue weighted by molar-refractivity contribution is 7.12. The lowest BCUT2D eigenvalue weighted by Gasteiger charge is -2.01. The van der Waals surface area contributed by atoms with Crippen LogP contribution in [0.1, 0.15) is 47.4 Å². The fraction of sp³-hybridized carbons (Fsp3) is 0.350. The van der Waals surface area contributed by atoms with Gasteiger partial charge in [0.1, 0.15) is 0 Å². The molecular weight excluding hydrogens is 304 g/mol. The third kappa shape index (κ3) is 7.29. The van der Waals surface area contributed by atoms with E-state index < -0.39 is 5.97 Å². The third-order valence-corrected chi connectivity index (χ3v) is 4.85. The van der Waals surface area contributed by atoms with Crippen LogP contribution < -0.4 is 0 Å². The summed E-state index contributed by atoms with van der Waals surface area (Å²) in [5.41, 5.74) is 1.43. The molecule has 0 unspecified atom stereocenters. The summed E-state index contributed by atoms with van der Waals surface area (Å²) in [6, 6.07) is 14.9. The van der Waals surface area contributed by atoms with Crippen LogP contribution in [0, 0.1) is 0 Å². The Balaban J connectivity index is 1.58. The van der Waals surface area contributed by atoms with Gasteiger partial charge in [-0.3, -0.25) is 4.79 Å². The quantitative estimate of drug-likeness (QED) is 0.578. The molecule has 1 aromatic carbocycles. The normalized spacial score (nSPS) is 11.1. The van der Waals surface area contributed by atoms with Gasteiger partial charge in [-0.05, 0) is 49.5 Å². The molecule has 122 valence electrons. The van der Waals surface area contributed by atoms with Crippen molar-refractivity contribution in [3.8, 4) is 0 Å². The molecule has 0 fully saturated rings. The van der Waals surface area contributed by atoms with Crippen LogP contribution in [0.5, 0.6) is 0 Å². The number of carbonyl (C=O) groups is 1. The lowest BCUT2D eigenvalue weighted by Crippen LogP contribution is -1.89. The van der Waals surface area contributed by atoms with Crippen molar-refractivity contribution in [2.45, 2.75) is 44.9 Å². The van der Waals surface area contributed by atoms with Gasteiger partial charge in [0.25, 0.3) is 0 Å². The van der Waals surface area contributed by atoms with Gasteiger partial charge < -0.3 is 5.11 Å². The molecular formula is C20H24O2S. The maximum absolute atomic E-state index is 10.5.